The quantitative estimate of drug-likeness (QED) is 0.580. The molecule has 100 valence electrons. The lowest BCUT2D eigenvalue weighted by atomic mass is 10.2. The number of nitrogens with two attached hydrogens (primary N) is 1. The Morgan fingerprint density at radius 3 is 2.61 bits per heavy atom. The van der Waals surface area contributed by atoms with Crippen LogP contribution in [0.5, 0.6) is 0 Å². The van der Waals surface area contributed by atoms with E-state index in [-0.39, 0.29) is 24.9 Å². The number of hydrogen-bond donors (Lipinski definition) is 2. The number of nitrogens with one attached hydrogen (secondary N) is 1. The molecule has 0 saturated heterocycles. The maximum Gasteiger partial charge on any atom is 0.241 e. The Hall–Kier alpha value is -1.95. The van der Waals surface area contributed by atoms with Gasteiger partial charge in [0.2, 0.25) is 11.8 Å². The van der Waals surface area contributed by atoms with E-state index in [0.29, 0.717) is 13.0 Å². The van der Waals surface area contributed by atoms with E-state index in [1.54, 1.807) is 13.1 Å². The predicted molar refractivity (Wildman–Crippen MR) is 72.1 cm³/mol. The number of carbonyl (C=O) groups excluding carboxylic acids is 2. The van der Waals surface area contributed by atoms with Crippen molar-refractivity contribution in [3.63, 3.8) is 0 Å². The molecule has 0 aromatic heterocycles. The molecular formula is C12H20N4O2. The summed E-state index contributed by atoms with van der Waals surface area (Å²) in [7, 11) is 1.66. The Bertz CT molecular complexity index is 350. The lowest BCUT2D eigenvalue weighted by Crippen LogP contribution is -2.40. The van der Waals surface area contributed by atoms with Crippen LogP contribution in [0.4, 0.5) is 0 Å². The number of carbonyl (C=O) groups is 2. The number of aliphatic imine (C=N–C) groups is 1. The van der Waals surface area contributed by atoms with Crippen molar-refractivity contribution in [2.75, 3.05) is 26.7 Å². The molecule has 6 nitrogen and oxygen atoms in total. The highest BCUT2D eigenvalue weighted by atomic mass is 16.2. The lowest BCUT2D eigenvalue weighted by molar-refractivity contribution is -0.131. The number of rotatable bonds is 8. The predicted octanol–water partition coefficient (Wildman–Crippen LogP) is -0.320. The molecule has 6 heteroatoms. The molecule has 0 spiro atoms. The first-order valence-corrected chi connectivity index (χ1v) is 5.55. The number of allylic oxidation sites excluding steroid dienone is 1. The summed E-state index contributed by atoms with van der Waals surface area (Å²) in [6.07, 6.45) is 3.64. The second-order valence-corrected chi connectivity index (χ2v) is 3.55. The van der Waals surface area contributed by atoms with Crippen molar-refractivity contribution >= 4 is 17.5 Å². The summed E-state index contributed by atoms with van der Waals surface area (Å²) in [5.74, 6) is -0.532. The third-order valence-electron chi connectivity index (χ3n) is 2.24. The Balaban J connectivity index is 4.08. The van der Waals surface area contributed by atoms with Gasteiger partial charge in [-0.3, -0.25) is 14.6 Å². The Morgan fingerprint density at radius 2 is 2.11 bits per heavy atom. The van der Waals surface area contributed by atoms with E-state index in [9.17, 15) is 9.59 Å². The van der Waals surface area contributed by atoms with Gasteiger partial charge in [-0.1, -0.05) is 13.2 Å². The maximum atomic E-state index is 11.6. The molecule has 18 heavy (non-hydrogen) atoms. The average molecular weight is 252 g/mol. The standard InChI is InChI=1S/C12H20N4O2/c1-4-10(14-5-2)6-7-16(3)12(18)9-15-11(17)8-13/h4-5H,1-2,6-9,13H2,3H3,(H,15,17). The fourth-order valence-electron chi connectivity index (χ4n) is 1.12. The number of hydrogen-bond acceptors (Lipinski definition) is 4. The van der Waals surface area contributed by atoms with Gasteiger partial charge in [-0.05, 0) is 6.08 Å². The van der Waals surface area contributed by atoms with Crippen molar-refractivity contribution in [2.45, 2.75) is 6.42 Å². The van der Waals surface area contributed by atoms with Crippen LogP contribution in [0.3, 0.4) is 0 Å². The van der Waals surface area contributed by atoms with Gasteiger partial charge in [0.25, 0.3) is 0 Å². The van der Waals surface area contributed by atoms with Gasteiger partial charge in [-0.15, -0.1) is 0 Å². The van der Waals surface area contributed by atoms with Crippen molar-refractivity contribution in [3.8, 4) is 0 Å². The molecule has 0 fully saturated rings. The van der Waals surface area contributed by atoms with E-state index in [2.05, 4.69) is 23.5 Å². The highest BCUT2D eigenvalue weighted by Crippen LogP contribution is 1.94. The van der Waals surface area contributed by atoms with Gasteiger partial charge in [-0.25, -0.2) is 0 Å². The lowest BCUT2D eigenvalue weighted by Gasteiger charge is -2.17. The number of nitrogens with zero attached hydrogens (tertiary/aromatic N) is 2. The Morgan fingerprint density at radius 1 is 1.44 bits per heavy atom. The molecule has 0 heterocycles. The fraction of sp³-hybridized carbons (Fsp3) is 0.417. The van der Waals surface area contributed by atoms with Gasteiger partial charge in [0, 0.05) is 31.9 Å². The van der Waals surface area contributed by atoms with Gasteiger partial charge in [0.1, 0.15) is 0 Å². The summed E-state index contributed by atoms with van der Waals surface area (Å²) in [5, 5.41) is 2.42. The van der Waals surface area contributed by atoms with E-state index < -0.39 is 0 Å². The summed E-state index contributed by atoms with van der Waals surface area (Å²) >= 11 is 0. The molecule has 2 amide bonds. The largest absolute Gasteiger partial charge is 0.346 e. The molecule has 0 radical (unpaired) electrons. The second-order valence-electron chi connectivity index (χ2n) is 3.55. The normalized spacial score (nSPS) is 10.7. The highest BCUT2D eigenvalue weighted by molar-refractivity contribution is 5.95. The van der Waals surface area contributed by atoms with Gasteiger partial charge in [0.05, 0.1) is 13.1 Å². The molecular weight excluding hydrogens is 232 g/mol. The summed E-state index contributed by atoms with van der Waals surface area (Å²) in [6.45, 7) is 7.44. The van der Waals surface area contributed by atoms with Crippen molar-refractivity contribution in [3.05, 3.63) is 25.4 Å². The van der Waals surface area contributed by atoms with E-state index in [0.717, 1.165) is 5.71 Å². The zero-order valence-corrected chi connectivity index (χ0v) is 10.7. The van der Waals surface area contributed by atoms with E-state index >= 15 is 0 Å². The summed E-state index contributed by atoms with van der Waals surface area (Å²) < 4.78 is 0. The third kappa shape index (κ3) is 6.59. The van der Waals surface area contributed by atoms with Crippen LogP contribution >= 0.6 is 0 Å². The van der Waals surface area contributed by atoms with Crippen LogP contribution in [-0.2, 0) is 9.59 Å². The van der Waals surface area contributed by atoms with Gasteiger partial charge in [0.15, 0.2) is 0 Å². The summed E-state index contributed by atoms with van der Waals surface area (Å²) in [5.41, 5.74) is 5.87. The minimum Gasteiger partial charge on any atom is -0.346 e. The summed E-state index contributed by atoms with van der Waals surface area (Å²) in [4.78, 5) is 28.0. The fourth-order valence-corrected chi connectivity index (χ4v) is 1.12. The number of likely N-dealkylation sites (N-methyl/N-ethyl adjacent to an activating group) is 1. The van der Waals surface area contributed by atoms with Crippen LogP contribution in [0.2, 0.25) is 0 Å². The first-order chi connectivity index (χ1) is 8.54. The zero-order valence-electron chi connectivity index (χ0n) is 10.7. The van der Waals surface area contributed by atoms with Gasteiger partial charge >= 0.3 is 0 Å². The Kier molecular flexibility index (Phi) is 8.13. The smallest absolute Gasteiger partial charge is 0.241 e. The first-order valence-electron chi connectivity index (χ1n) is 5.55. The molecule has 0 saturated carbocycles. The van der Waals surface area contributed by atoms with Crippen LogP contribution in [-0.4, -0.2) is 49.1 Å². The van der Waals surface area contributed by atoms with Crippen molar-refractivity contribution < 1.29 is 9.59 Å². The first kappa shape index (κ1) is 16.1. The van der Waals surface area contributed by atoms with E-state index in [4.69, 9.17) is 5.73 Å². The van der Waals surface area contributed by atoms with Crippen molar-refractivity contribution in [1.29, 1.82) is 0 Å². The van der Waals surface area contributed by atoms with E-state index in [1.807, 2.05) is 0 Å². The van der Waals surface area contributed by atoms with Crippen molar-refractivity contribution in [1.82, 2.24) is 10.2 Å². The van der Waals surface area contributed by atoms with Gasteiger partial charge in [-0.2, -0.15) is 0 Å². The van der Waals surface area contributed by atoms with E-state index in [1.165, 1.54) is 11.1 Å². The summed E-state index contributed by atoms with van der Waals surface area (Å²) in [6, 6.07) is 0. The molecule has 0 aliphatic heterocycles. The molecule has 0 aliphatic rings. The second kappa shape index (κ2) is 9.12. The average Bonchev–Trinajstić information content (AvgIpc) is 2.39. The van der Waals surface area contributed by atoms with Crippen LogP contribution in [0.1, 0.15) is 6.42 Å². The van der Waals surface area contributed by atoms with Gasteiger partial charge < -0.3 is 16.0 Å². The molecule has 0 aromatic carbocycles. The molecule has 0 aromatic rings. The Labute approximate surface area is 107 Å². The minimum atomic E-state index is -0.350. The molecule has 0 atom stereocenters. The van der Waals surface area contributed by atoms with Crippen LogP contribution in [0.15, 0.2) is 30.4 Å². The van der Waals surface area contributed by atoms with Crippen LogP contribution in [0, 0.1) is 0 Å². The molecule has 0 bridgehead atoms. The number of amides is 2. The maximum absolute atomic E-state index is 11.6. The zero-order chi connectivity index (χ0) is 14.0. The van der Waals surface area contributed by atoms with Crippen LogP contribution in [0.25, 0.3) is 0 Å². The molecule has 0 rings (SSSR count). The van der Waals surface area contributed by atoms with Crippen molar-refractivity contribution in [2.24, 2.45) is 10.7 Å². The van der Waals surface area contributed by atoms with Crippen LogP contribution < -0.4 is 11.1 Å². The highest BCUT2D eigenvalue weighted by Gasteiger charge is 2.09. The molecule has 3 N–H and O–H groups in total. The molecule has 0 aliphatic carbocycles. The monoisotopic (exact) mass is 252 g/mol. The topological polar surface area (TPSA) is 87.8 Å². The minimum absolute atomic E-state index is 0.0471. The SMILES string of the molecule is C=CN=C(C=C)CCN(C)C(=O)CNC(=O)CN. The molecule has 0 unspecified atom stereocenters. The third-order valence-corrected chi connectivity index (χ3v) is 2.24.